The van der Waals surface area contributed by atoms with E-state index in [0.717, 1.165) is 32.8 Å². The molecule has 1 aromatic rings. The van der Waals surface area contributed by atoms with Crippen molar-refractivity contribution in [2.24, 2.45) is 0 Å². The molecule has 0 radical (unpaired) electrons. The second kappa shape index (κ2) is 5.17. The van der Waals surface area contributed by atoms with E-state index in [-0.39, 0.29) is 12.1 Å². The van der Waals surface area contributed by atoms with Crippen LogP contribution in [0.3, 0.4) is 0 Å². The Balaban J connectivity index is 1.68. The van der Waals surface area contributed by atoms with Gasteiger partial charge < -0.3 is 14.7 Å². The van der Waals surface area contributed by atoms with Crippen LogP contribution in [0.5, 0.6) is 0 Å². The summed E-state index contributed by atoms with van der Waals surface area (Å²) >= 11 is 0. The van der Waals surface area contributed by atoms with Gasteiger partial charge in [-0.2, -0.15) is 0 Å². The molecule has 3 rings (SSSR count). The Bertz CT molecular complexity index is 383. The normalized spacial score (nSPS) is 29.7. The summed E-state index contributed by atoms with van der Waals surface area (Å²) in [5.41, 5.74) is 0. The van der Waals surface area contributed by atoms with Gasteiger partial charge in [0.25, 0.3) is 0 Å². The van der Waals surface area contributed by atoms with Crippen molar-refractivity contribution < 1.29 is 9.84 Å². The first-order valence-corrected chi connectivity index (χ1v) is 6.36. The zero-order valence-electron chi connectivity index (χ0n) is 10.3. The number of anilines is 1. The van der Waals surface area contributed by atoms with Crippen molar-refractivity contribution in [1.29, 1.82) is 0 Å². The van der Waals surface area contributed by atoms with E-state index in [1.165, 1.54) is 0 Å². The maximum atomic E-state index is 10.2. The van der Waals surface area contributed by atoms with Gasteiger partial charge in [-0.1, -0.05) is 0 Å². The monoisotopic (exact) mass is 250 g/mol. The van der Waals surface area contributed by atoms with Gasteiger partial charge in [0.1, 0.15) is 0 Å². The van der Waals surface area contributed by atoms with E-state index in [4.69, 9.17) is 4.74 Å². The number of ether oxygens (including phenoxy) is 1. The van der Waals surface area contributed by atoms with Crippen LogP contribution in [-0.4, -0.2) is 71.5 Å². The molecular weight excluding hydrogens is 232 g/mol. The number of β-amino-alcohol motifs (C(OH)–C–C–N with tert-alkyl or cyclic N) is 1. The molecule has 0 bridgehead atoms. The van der Waals surface area contributed by atoms with Gasteiger partial charge in [-0.25, -0.2) is 9.97 Å². The van der Waals surface area contributed by atoms with E-state index in [9.17, 15) is 5.11 Å². The molecule has 2 aliphatic rings. The number of hydrogen-bond acceptors (Lipinski definition) is 6. The van der Waals surface area contributed by atoms with E-state index >= 15 is 0 Å². The number of aliphatic hydroxyl groups excluding tert-OH is 1. The topological polar surface area (TPSA) is 61.7 Å². The summed E-state index contributed by atoms with van der Waals surface area (Å²) in [6.07, 6.45) is 3.12. The lowest BCUT2D eigenvalue weighted by molar-refractivity contribution is -0.00588. The zero-order valence-corrected chi connectivity index (χ0v) is 10.3. The van der Waals surface area contributed by atoms with Crippen LogP contribution in [0.25, 0.3) is 0 Å². The smallest absolute Gasteiger partial charge is 0.225 e. The third-order valence-corrected chi connectivity index (χ3v) is 3.61. The van der Waals surface area contributed by atoms with Crippen LogP contribution in [0.4, 0.5) is 5.95 Å². The van der Waals surface area contributed by atoms with Crippen molar-refractivity contribution in [1.82, 2.24) is 14.9 Å². The molecule has 2 saturated heterocycles. The first-order valence-electron chi connectivity index (χ1n) is 6.36. The van der Waals surface area contributed by atoms with E-state index < -0.39 is 0 Å². The Morgan fingerprint density at radius 2 is 1.89 bits per heavy atom. The van der Waals surface area contributed by atoms with Crippen LogP contribution < -0.4 is 4.90 Å². The number of aliphatic hydroxyl groups is 1. The van der Waals surface area contributed by atoms with Crippen molar-refractivity contribution >= 4 is 5.95 Å². The molecule has 0 aliphatic carbocycles. The highest BCUT2D eigenvalue weighted by Gasteiger charge is 2.36. The molecule has 2 fully saturated rings. The van der Waals surface area contributed by atoms with Crippen LogP contribution in [0.1, 0.15) is 0 Å². The van der Waals surface area contributed by atoms with Crippen LogP contribution in [0, 0.1) is 0 Å². The molecule has 18 heavy (non-hydrogen) atoms. The Morgan fingerprint density at radius 1 is 1.17 bits per heavy atom. The Hall–Kier alpha value is -1.24. The average molecular weight is 250 g/mol. The first-order chi connectivity index (χ1) is 8.84. The fraction of sp³-hybridized carbons (Fsp3) is 0.667. The van der Waals surface area contributed by atoms with Crippen molar-refractivity contribution in [2.75, 3.05) is 44.3 Å². The predicted molar refractivity (Wildman–Crippen MR) is 66.4 cm³/mol. The lowest BCUT2D eigenvalue weighted by Crippen LogP contribution is -2.48. The number of aromatic nitrogens is 2. The third-order valence-electron chi connectivity index (χ3n) is 3.61. The minimum atomic E-state index is -0.341. The summed E-state index contributed by atoms with van der Waals surface area (Å²) in [4.78, 5) is 12.8. The Labute approximate surface area is 106 Å². The fourth-order valence-electron chi connectivity index (χ4n) is 2.66. The molecule has 3 heterocycles. The van der Waals surface area contributed by atoms with Crippen LogP contribution in [0.2, 0.25) is 0 Å². The molecule has 1 aromatic heterocycles. The van der Waals surface area contributed by atoms with E-state index in [2.05, 4.69) is 14.9 Å². The maximum absolute atomic E-state index is 10.2. The molecule has 2 atom stereocenters. The molecule has 0 aromatic carbocycles. The summed E-state index contributed by atoms with van der Waals surface area (Å²) in [6.45, 7) is 4.68. The zero-order chi connectivity index (χ0) is 12.4. The lowest BCUT2D eigenvalue weighted by Gasteiger charge is -2.33. The van der Waals surface area contributed by atoms with Gasteiger partial charge in [-0.3, -0.25) is 4.90 Å². The average Bonchev–Trinajstić information content (AvgIpc) is 2.83. The fourth-order valence-corrected chi connectivity index (χ4v) is 2.66. The Kier molecular flexibility index (Phi) is 3.40. The molecule has 0 amide bonds. The maximum Gasteiger partial charge on any atom is 0.225 e. The van der Waals surface area contributed by atoms with Crippen molar-refractivity contribution in [3.05, 3.63) is 18.5 Å². The van der Waals surface area contributed by atoms with Gasteiger partial charge in [0.05, 0.1) is 25.4 Å². The number of hydrogen-bond donors (Lipinski definition) is 1. The van der Waals surface area contributed by atoms with Gasteiger partial charge in [-0.15, -0.1) is 0 Å². The number of nitrogens with zero attached hydrogens (tertiary/aromatic N) is 4. The summed E-state index contributed by atoms with van der Waals surface area (Å²) in [5.74, 6) is 0.701. The molecule has 98 valence electrons. The number of rotatable bonds is 2. The van der Waals surface area contributed by atoms with Crippen LogP contribution in [0.15, 0.2) is 18.5 Å². The molecule has 1 N–H and O–H groups in total. The summed E-state index contributed by atoms with van der Waals surface area (Å²) in [7, 11) is 0. The SMILES string of the molecule is O[C@@H]1CN(c2ncccn2)C[C@H]1N1CCOCC1. The predicted octanol–water partition coefficient (Wildman–Crippen LogP) is -0.642. The van der Waals surface area contributed by atoms with E-state index in [1.807, 2.05) is 4.90 Å². The minimum Gasteiger partial charge on any atom is -0.390 e. The third kappa shape index (κ3) is 2.31. The highest BCUT2D eigenvalue weighted by Crippen LogP contribution is 2.20. The quantitative estimate of drug-likeness (QED) is 0.753. The van der Waals surface area contributed by atoms with Gasteiger partial charge >= 0.3 is 0 Å². The molecule has 2 aliphatic heterocycles. The molecule has 0 spiro atoms. The van der Waals surface area contributed by atoms with Crippen LogP contribution >= 0.6 is 0 Å². The summed E-state index contributed by atoms with van der Waals surface area (Å²) in [6, 6.07) is 1.97. The second-order valence-electron chi connectivity index (χ2n) is 4.74. The lowest BCUT2D eigenvalue weighted by atomic mass is 10.2. The highest BCUT2D eigenvalue weighted by atomic mass is 16.5. The molecule has 6 nitrogen and oxygen atoms in total. The van der Waals surface area contributed by atoms with E-state index in [1.54, 1.807) is 18.5 Å². The first kappa shape index (κ1) is 11.8. The highest BCUT2D eigenvalue weighted by molar-refractivity contribution is 5.32. The second-order valence-corrected chi connectivity index (χ2v) is 4.74. The molecule has 6 heteroatoms. The Morgan fingerprint density at radius 3 is 2.61 bits per heavy atom. The minimum absolute atomic E-state index is 0.165. The van der Waals surface area contributed by atoms with Crippen LogP contribution in [-0.2, 0) is 4.74 Å². The van der Waals surface area contributed by atoms with Gasteiger partial charge in [0.2, 0.25) is 5.95 Å². The molecular formula is C12H18N4O2. The van der Waals surface area contributed by atoms with Crippen molar-refractivity contribution in [3.8, 4) is 0 Å². The van der Waals surface area contributed by atoms with E-state index in [0.29, 0.717) is 12.5 Å². The molecule has 0 unspecified atom stereocenters. The van der Waals surface area contributed by atoms with Crippen molar-refractivity contribution in [2.45, 2.75) is 12.1 Å². The summed E-state index contributed by atoms with van der Waals surface area (Å²) in [5, 5.41) is 10.2. The summed E-state index contributed by atoms with van der Waals surface area (Å²) < 4.78 is 5.34. The van der Waals surface area contributed by atoms with Gasteiger partial charge in [-0.05, 0) is 6.07 Å². The molecule has 0 saturated carbocycles. The van der Waals surface area contributed by atoms with Gasteiger partial charge in [0, 0.05) is 38.6 Å². The standard InChI is InChI=1S/C12H18N4O2/c17-11-9-16(12-13-2-1-3-14-12)8-10(11)15-4-6-18-7-5-15/h1-3,10-11,17H,4-9H2/t10-,11-/m1/s1. The van der Waals surface area contributed by atoms with Crippen molar-refractivity contribution in [3.63, 3.8) is 0 Å². The van der Waals surface area contributed by atoms with Gasteiger partial charge in [0.15, 0.2) is 0 Å². The number of morpholine rings is 1. The largest absolute Gasteiger partial charge is 0.390 e.